The maximum Gasteiger partial charge on any atom is 0.337 e. The van der Waals surface area contributed by atoms with Crippen LogP contribution in [0.5, 0.6) is 0 Å². The van der Waals surface area contributed by atoms with E-state index in [4.69, 9.17) is 69.6 Å². The minimum atomic E-state index is -1.69. The Kier molecular flexibility index (Phi) is 10.5. The number of hydrogen-bond acceptors (Lipinski definition) is 3. The minimum Gasteiger partial charge on any atom is -0.478 e. The van der Waals surface area contributed by atoms with Gasteiger partial charge in [-0.3, -0.25) is 0 Å². The van der Waals surface area contributed by atoms with E-state index in [2.05, 4.69) is 0 Å². The van der Waals surface area contributed by atoms with E-state index in [0.29, 0.717) is 0 Å². The maximum absolute atomic E-state index is 12.1. The van der Waals surface area contributed by atoms with Gasteiger partial charge in [0.1, 0.15) is 14.5 Å². The van der Waals surface area contributed by atoms with Gasteiger partial charge < -0.3 is 15.3 Å². The normalized spacial score (nSPS) is 12.3. The van der Waals surface area contributed by atoms with E-state index in [1.54, 1.807) is 0 Å². The second-order valence-corrected chi connectivity index (χ2v) is 8.85. The Balaban J connectivity index is 4.34. The standard InChI is InChI=1S/C18H12Cl6O6/c19-10(20)4-1-7-8(2-5-11(21)22)14(17(27)28)15(18(29)30)9(3-6-12(23)24)13(7)16(25)26/h1-6,10-12H,(H,25,26)(H,27,28)(H,29,30). The highest BCUT2D eigenvalue weighted by atomic mass is 35.5. The number of carboxylic acids is 3. The monoisotopic (exact) mass is 534 g/mol. The molecule has 0 bridgehead atoms. The molecule has 0 atom stereocenters. The van der Waals surface area contributed by atoms with Crippen molar-refractivity contribution in [1.29, 1.82) is 0 Å². The number of carbonyl (C=O) groups is 3. The summed E-state index contributed by atoms with van der Waals surface area (Å²) in [6.07, 6.45) is 6.67. The van der Waals surface area contributed by atoms with Crippen LogP contribution in [-0.4, -0.2) is 47.7 Å². The van der Waals surface area contributed by atoms with Gasteiger partial charge in [-0.1, -0.05) is 36.5 Å². The minimum absolute atomic E-state index is 0.193. The van der Waals surface area contributed by atoms with Gasteiger partial charge in [0.15, 0.2) is 0 Å². The molecule has 0 aromatic heterocycles. The van der Waals surface area contributed by atoms with Crippen LogP contribution >= 0.6 is 69.6 Å². The first-order chi connectivity index (χ1) is 13.9. The van der Waals surface area contributed by atoms with Crippen LogP contribution in [0.4, 0.5) is 0 Å². The summed E-state index contributed by atoms with van der Waals surface area (Å²) in [6, 6.07) is 0. The maximum atomic E-state index is 12.1. The van der Waals surface area contributed by atoms with Crippen LogP contribution < -0.4 is 0 Å². The second kappa shape index (κ2) is 11.8. The van der Waals surface area contributed by atoms with Crippen molar-refractivity contribution in [1.82, 2.24) is 0 Å². The van der Waals surface area contributed by atoms with Gasteiger partial charge in [-0.15, -0.1) is 69.6 Å². The van der Waals surface area contributed by atoms with Gasteiger partial charge in [-0.25, -0.2) is 14.4 Å². The molecule has 0 spiro atoms. The first-order valence-electron chi connectivity index (χ1n) is 7.71. The summed E-state index contributed by atoms with van der Waals surface area (Å²) in [6.45, 7) is 0. The topological polar surface area (TPSA) is 112 Å². The molecule has 0 saturated carbocycles. The Bertz CT molecular complexity index is 934. The Morgan fingerprint density at radius 3 is 1.10 bits per heavy atom. The highest BCUT2D eigenvalue weighted by Gasteiger charge is 2.31. The molecular formula is C18H12Cl6O6. The predicted octanol–water partition coefficient (Wildman–Crippen LogP) is 6.23. The van der Waals surface area contributed by atoms with Gasteiger partial charge in [0, 0.05) is 5.56 Å². The smallest absolute Gasteiger partial charge is 0.337 e. The second-order valence-electron chi connectivity index (χ2n) is 5.36. The van der Waals surface area contributed by atoms with Crippen LogP contribution in [0.15, 0.2) is 18.2 Å². The largest absolute Gasteiger partial charge is 0.478 e. The molecule has 0 aliphatic heterocycles. The van der Waals surface area contributed by atoms with E-state index in [1.165, 1.54) is 6.08 Å². The number of aromatic carboxylic acids is 3. The fourth-order valence-electron chi connectivity index (χ4n) is 2.50. The van der Waals surface area contributed by atoms with Crippen LogP contribution in [0.1, 0.15) is 47.8 Å². The summed E-state index contributed by atoms with van der Waals surface area (Å²) in [5.74, 6) is -4.89. The lowest BCUT2D eigenvalue weighted by Gasteiger charge is -2.18. The van der Waals surface area contributed by atoms with Crippen molar-refractivity contribution in [3.63, 3.8) is 0 Å². The van der Waals surface area contributed by atoms with E-state index in [9.17, 15) is 29.7 Å². The SMILES string of the molecule is O=C(O)c1c(C=CC(Cl)Cl)c(C=CC(Cl)Cl)c(C(=O)O)c(C(=O)O)c1C=CC(Cl)Cl. The van der Waals surface area contributed by atoms with Crippen molar-refractivity contribution in [2.45, 2.75) is 14.5 Å². The van der Waals surface area contributed by atoms with Gasteiger partial charge in [0.05, 0.1) is 16.7 Å². The van der Waals surface area contributed by atoms with Crippen molar-refractivity contribution in [2.75, 3.05) is 0 Å². The number of carboxylic acid groups (broad SMARTS) is 3. The first kappa shape index (κ1) is 26.6. The number of rotatable bonds is 9. The van der Waals surface area contributed by atoms with Crippen molar-refractivity contribution < 1.29 is 29.7 Å². The molecule has 1 rings (SSSR count). The fraction of sp³-hybridized carbons (Fsp3) is 0.167. The van der Waals surface area contributed by atoms with Crippen LogP contribution in [0.2, 0.25) is 0 Å². The van der Waals surface area contributed by atoms with Crippen LogP contribution in [0.3, 0.4) is 0 Å². The fourth-order valence-corrected chi connectivity index (χ4v) is 2.94. The molecule has 0 aliphatic rings. The lowest BCUT2D eigenvalue weighted by atomic mass is 9.85. The average molecular weight is 537 g/mol. The third-order valence-electron chi connectivity index (χ3n) is 3.48. The third-order valence-corrected chi connectivity index (χ3v) is 4.36. The van der Waals surface area contributed by atoms with Gasteiger partial charge in [0.25, 0.3) is 0 Å². The molecule has 0 unspecified atom stereocenters. The molecule has 6 nitrogen and oxygen atoms in total. The molecular weight excluding hydrogens is 525 g/mol. The molecule has 0 amide bonds. The summed E-state index contributed by atoms with van der Waals surface area (Å²) in [7, 11) is 0. The molecule has 30 heavy (non-hydrogen) atoms. The zero-order valence-electron chi connectivity index (χ0n) is 14.5. The van der Waals surface area contributed by atoms with Crippen LogP contribution in [0, 0.1) is 0 Å². The average Bonchev–Trinajstić information content (AvgIpc) is 2.60. The number of alkyl halides is 6. The molecule has 0 heterocycles. The molecule has 1 aromatic carbocycles. The Hall–Kier alpha value is -1.41. The molecule has 0 radical (unpaired) electrons. The molecule has 0 saturated heterocycles. The molecule has 0 aliphatic carbocycles. The van der Waals surface area contributed by atoms with Crippen LogP contribution in [0.25, 0.3) is 18.2 Å². The Labute approximate surface area is 200 Å². The van der Waals surface area contributed by atoms with Crippen molar-refractivity contribution in [2.24, 2.45) is 0 Å². The number of benzene rings is 1. The zero-order chi connectivity index (χ0) is 23.2. The number of allylic oxidation sites excluding steroid dienone is 3. The molecule has 1 aromatic rings. The summed E-state index contributed by atoms with van der Waals surface area (Å²) < 4.78 is 0. The van der Waals surface area contributed by atoms with E-state index < -0.39 is 54.7 Å². The van der Waals surface area contributed by atoms with E-state index in [0.717, 1.165) is 30.4 Å². The summed E-state index contributed by atoms with van der Waals surface area (Å²) in [5, 5.41) is 29.2. The first-order valence-corrected chi connectivity index (χ1v) is 10.3. The van der Waals surface area contributed by atoms with E-state index >= 15 is 0 Å². The zero-order valence-corrected chi connectivity index (χ0v) is 19.1. The number of halogens is 6. The summed E-state index contributed by atoms with van der Waals surface area (Å²) in [4.78, 5) is 32.7. The Morgan fingerprint density at radius 2 is 0.800 bits per heavy atom. The Morgan fingerprint density at radius 1 is 0.533 bits per heavy atom. The van der Waals surface area contributed by atoms with Gasteiger partial charge in [0.2, 0.25) is 0 Å². The van der Waals surface area contributed by atoms with Crippen molar-refractivity contribution >= 4 is 106 Å². The highest BCUT2D eigenvalue weighted by molar-refractivity contribution is 6.46. The molecule has 12 heteroatoms. The van der Waals surface area contributed by atoms with Gasteiger partial charge >= 0.3 is 17.9 Å². The molecule has 3 N–H and O–H groups in total. The molecule has 162 valence electrons. The van der Waals surface area contributed by atoms with Crippen LogP contribution in [-0.2, 0) is 0 Å². The van der Waals surface area contributed by atoms with Crippen molar-refractivity contribution in [3.8, 4) is 0 Å². The van der Waals surface area contributed by atoms with Crippen molar-refractivity contribution in [3.05, 3.63) is 51.6 Å². The lowest BCUT2D eigenvalue weighted by Crippen LogP contribution is -2.18. The summed E-state index contributed by atoms with van der Waals surface area (Å²) in [5.41, 5.74) is -2.96. The lowest BCUT2D eigenvalue weighted by molar-refractivity contribution is 0.0648. The third kappa shape index (κ3) is 7.08. The summed E-state index contributed by atoms with van der Waals surface area (Å²) >= 11 is 33.9. The molecule has 0 fully saturated rings. The highest BCUT2D eigenvalue weighted by Crippen LogP contribution is 2.33. The quantitative estimate of drug-likeness (QED) is 0.322. The van der Waals surface area contributed by atoms with Gasteiger partial charge in [-0.2, -0.15) is 0 Å². The van der Waals surface area contributed by atoms with E-state index in [1.807, 2.05) is 0 Å². The van der Waals surface area contributed by atoms with Gasteiger partial charge in [-0.05, 0) is 11.1 Å². The predicted molar refractivity (Wildman–Crippen MR) is 121 cm³/mol. The van der Waals surface area contributed by atoms with E-state index in [-0.39, 0.29) is 11.1 Å². The number of hydrogen-bond donors (Lipinski definition) is 3.